The fraction of sp³-hybridized carbons (Fsp3) is 0.158. The number of hydrogen-bond acceptors (Lipinski definition) is 3. The van der Waals surface area contributed by atoms with Crippen LogP contribution in [0, 0.1) is 6.92 Å². The van der Waals surface area contributed by atoms with Gasteiger partial charge in [-0.25, -0.2) is 0 Å². The minimum Gasteiger partial charge on any atom is -0.450 e. The van der Waals surface area contributed by atoms with Gasteiger partial charge in [0, 0.05) is 17.1 Å². The molecule has 0 N–H and O–H groups in total. The van der Waals surface area contributed by atoms with E-state index >= 15 is 0 Å². The summed E-state index contributed by atoms with van der Waals surface area (Å²) in [4.78, 5) is 27.3. The Morgan fingerprint density at radius 3 is 2.60 bits per heavy atom. The molecular weight excluding hydrogens is 361 g/mol. The summed E-state index contributed by atoms with van der Waals surface area (Å²) in [7, 11) is 1.64. The van der Waals surface area contributed by atoms with Crippen molar-refractivity contribution in [2.75, 3.05) is 7.05 Å². The van der Waals surface area contributed by atoms with Gasteiger partial charge in [-0.3, -0.25) is 9.59 Å². The Morgan fingerprint density at radius 2 is 1.88 bits per heavy atom. The number of carbonyl (C=O) groups is 1. The minimum absolute atomic E-state index is 0.0756. The Hall–Kier alpha value is -2.30. The zero-order chi connectivity index (χ0) is 17.9. The molecule has 2 aromatic carbocycles. The Balaban J connectivity index is 2.05. The summed E-state index contributed by atoms with van der Waals surface area (Å²) in [6.45, 7) is 1.82. The molecule has 1 aromatic heterocycles. The summed E-state index contributed by atoms with van der Waals surface area (Å²) in [5, 5.41) is 1.39. The first kappa shape index (κ1) is 16.2. The second-order valence-corrected chi connectivity index (χ2v) is 6.99. The largest absolute Gasteiger partial charge is 0.450 e. The quantitative estimate of drug-likeness (QED) is 0.626. The fourth-order valence-electron chi connectivity index (χ4n) is 3.28. The van der Waals surface area contributed by atoms with Gasteiger partial charge in [0.1, 0.15) is 5.58 Å². The molecule has 1 aliphatic heterocycles. The molecule has 3 aromatic rings. The van der Waals surface area contributed by atoms with Crippen LogP contribution in [0.1, 0.15) is 33.3 Å². The zero-order valence-electron chi connectivity index (χ0n) is 13.5. The van der Waals surface area contributed by atoms with Gasteiger partial charge in [-0.2, -0.15) is 0 Å². The number of halogens is 2. The molecule has 126 valence electrons. The third-order valence-electron chi connectivity index (χ3n) is 4.55. The number of benzene rings is 2. The van der Waals surface area contributed by atoms with Crippen LogP contribution in [0.2, 0.25) is 10.0 Å². The van der Waals surface area contributed by atoms with Crippen molar-refractivity contribution < 1.29 is 9.21 Å². The summed E-state index contributed by atoms with van der Waals surface area (Å²) < 4.78 is 5.80. The molecule has 0 radical (unpaired) electrons. The molecule has 1 amide bonds. The van der Waals surface area contributed by atoms with Crippen LogP contribution >= 0.6 is 23.2 Å². The predicted molar refractivity (Wildman–Crippen MR) is 97.6 cm³/mol. The van der Waals surface area contributed by atoms with Gasteiger partial charge in [-0.05, 0) is 42.3 Å². The second kappa shape index (κ2) is 5.61. The third-order valence-corrected chi connectivity index (χ3v) is 5.19. The number of hydrogen-bond donors (Lipinski definition) is 0. The van der Waals surface area contributed by atoms with Crippen molar-refractivity contribution in [3.8, 4) is 0 Å². The van der Waals surface area contributed by atoms with E-state index in [9.17, 15) is 9.59 Å². The normalized spacial score (nSPS) is 16.6. The number of aryl methyl sites for hydroxylation is 1. The van der Waals surface area contributed by atoms with E-state index in [1.165, 1.54) is 4.90 Å². The molecule has 0 unspecified atom stereocenters. The van der Waals surface area contributed by atoms with Crippen molar-refractivity contribution in [1.29, 1.82) is 0 Å². The van der Waals surface area contributed by atoms with Gasteiger partial charge in [-0.15, -0.1) is 0 Å². The summed E-state index contributed by atoms with van der Waals surface area (Å²) in [5.74, 6) is -0.252. The number of nitrogens with zero attached hydrogens (tertiary/aromatic N) is 1. The first-order valence-corrected chi connectivity index (χ1v) is 8.43. The van der Waals surface area contributed by atoms with E-state index in [0.717, 1.165) is 11.1 Å². The van der Waals surface area contributed by atoms with Gasteiger partial charge in [0.05, 0.1) is 17.0 Å². The van der Waals surface area contributed by atoms with E-state index in [2.05, 4.69) is 0 Å². The lowest BCUT2D eigenvalue weighted by Gasteiger charge is -2.20. The number of amides is 1. The lowest BCUT2D eigenvalue weighted by Crippen LogP contribution is -2.25. The fourth-order valence-corrected chi connectivity index (χ4v) is 3.64. The maximum Gasteiger partial charge on any atom is 0.290 e. The van der Waals surface area contributed by atoms with Crippen LogP contribution in [0.25, 0.3) is 11.0 Å². The highest BCUT2D eigenvalue weighted by molar-refractivity contribution is 6.32. The van der Waals surface area contributed by atoms with Gasteiger partial charge >= 0.3 is 0 Å². The predicted octanol–water partition coefficient (Wildman–Crippen LogP) is 4.58. The maximum atomic E-state index is 13.1. The topological polar surface area (TPSA) is 50.5 Å². The van der Waals surface area contributed by atoms with E-state index in [0.29, 0.717) is 26.6 Å². The molecule has 0 saturated heterocycles. The van der Waals surface area contributed by atoms with Gasteiger partial charge < -0.3 is 9.32 Å². The van der Waals surface area contributed by atoms with E-state index in [-0.39, 0.29) is 17.1 Å². The molecule has 0 bridgehead atoms. The van der Waals surface area contributed by atoms with Crippen LogP contribution in [0.4, 0.5) is 0 Å². The van der Waals surface area contributed by atoms with Crippen LogP contribution in [-0.4, -0.2) is 17.9 Å². The summed E-state index contributed by atoms with van der Waals surface area (Å²) in [6.07, 6.45) is 0. The van der Waals surface area contributed by atoms with Gasteiger partial charge in [0.2, 0.25) is 5.76 Å². The highest BCUT2D eigenvalue weighted by Crippen LogP contribution is 2.38. The SMILES string of the molecule is Cc1cc2oc3c(c(=O)c2cc1Cl)[C@@H](c1cccc(Cl)c1)N(C)C3=O. The molecule has 0 aliphatic carbocycles. The van der Waals surface area contributed by atoms with Crippen molar-refractivity contribution >= 4 is 40.1 Å². The molecule has 4 rings (SSSR count). The summed E-state index contributed by atoms with van der Waals surface area (Å²) in [5.41, 5.74) is 1.97. The zero-order valence-corrected chi connectivity index (χ0v) is 15.0. The Kier molecular flexibility index (Phi) is 3.63. The number of carbonyl (C=O) groups excluding carboxylic acids is 1. The molecule has 0 fully saturated rings. The molecule has 0 saturated carbocycles. The molecule has 0 spiro atoms. The van der Waals surface area contributed by atoms with Crippen molar-refractivity contribution in [2.45, 2.75) is 13.0 Å². The van der Waals surface area contributed by atoms with Crippen LogP contribution in [0.15, 0.2) is 45.6 Å². The molecule has 25 heavy (non-hydrogen) atoms. The molecular formula is C19H13Cl2NO3. The Labute approximate surface area is 153 Å². The smallest absolute Gasteiger partial charge is 0.290 e. The second-order valence-electron chi connectivity index (χ2n) is 6.15. The minimum atomic E-state index is -0.540. The Morgan fingerprint density at radius 1 is 1.12 bits per heavy atom. The van der Waals surface area contributed by atoms with Gasteiger partial charge in [0.25, 0.3) is 5.91 Å². The third kappa shape index (κ3) is 2.36. The van der Waals surface area contributed by atoms with E-state index in [1.54, 1.807) is 37.4 Å². The lowest BCUT2D eigenvalue weighted by molar-refractivity contribution is 0.0771. The standard InChI is InChI=1S/C19H13Cl2NO3/c1-9-6-14-12(8-13(9)21)17(23)15-16(10-4-3-5-11(20)7-10)22(2)19(24)18(15)25-14/h3-8,16H,1-2H3/t16-/m1/s1. The highest BCUT2D eigenvalue weighted by Gasteiger charge is 2.40. The van der Waals surface area contributed by atoms with Crippen LogP contribution in [-0.2, 0) is 0 Å². The number of rotatable bonds is 1. The van der Waals surface area contributed by atoms with Crippen LogP contribution in [0.5, 0.6) is 0 Å². The van der Waals surface area contributed by atoms with Crippen molar-refractivity contribution in [3.05, 3.63) is 79.1 Å². The monoisotopic (exact) mass is 373 g/mol. The van der Waals surface area contributed by atoms with Crippen molar-refractivity contribution in [2.24, 2.45) is 0 Å². The molecule has 1 aliphatic rings. The maximum absolute atomic E-state index is 13.1. The van der Waals surface area contributed by atoms with E-state index in [4.69, 9.17) is 27.6 Å². The highest BCUT2D eigenvalue weighted by atomic mass is 35.5. The average molecular weight is 374 g/mol. The summed E-state index contributed by atoms with van der Waals surface area (Å²) in [6, 6.07) is 9.85. The first-order chi connectivity index (χ1) is 11.9. The lowest BCUT2D eigenvalue weighted by atomic mass is 9.98. The van der Waals surface area contributed by atoms with Gasteiger partial charge in [0.15, 0.2) is 5.43 Å². The Bertz CT molecular complexity index is 1100. The first-order valence-electron chi connectivity index (χ1n) is 7.68. The van der Waals surface area contributed by atoms with Crippen LogP contribution in [0.3, 0.4) is 0 Å². The summed E-state index contributed by atoms with van der Waals surface area (Å²) >= 11 is 12.3. The molecule has 4 nitrogen and oxygen atoms in total. The average Bonchev–Trinajstić information content (AvgIpc) is 2.82. The van der Waals surface area contributed by atoms with E-state index < -0.39 is 6.04 Å². The van der Waals surface area contributed by atoms with Gasteiger partial charge in [-0.1, -0.05) is 35.3 Å². The number of fused-ring (bicyclic) bond motifs is 2. The van der Waals surface area contributed by atoms with E-state index in [1.807, 2.05) is 13.0 Å². The molecule has 2 heterocycles. The molecule has 1 atom stereocenters. The molecule has 6 heteroatoms. The van der Waals surface area contributed by atoms with Crippen molar-refractivity contribution in [3.63, 3.8) is 0 Å². The van der Waals surface area contributed by atoms with Crippen molar-refractivity contribution in [1.82, 2.24) is 4.90 Å². The van der Waals surface area contributed by atoms with Crippen LogP contribution < -0.4 is 5.43 Å².